The lowest BCUT2D eigenvalue weighted by molar-refractivity contribution is -0.167. The molecule has 0 amide bonds. The summed E-state index contributed by atoms with van der Waals surface area (Å²) >= 11 is 0. The molecule has 0 aliphatic carbocycles. The highest BCUT2D eigenvalue weighted by Gasteiger charge is 2.19. The van der Waals surface area contributed by atoms with Crippen molar-refractivity contribution in [2.75, 3.05) is 13.2 Å². The minimum Gasteiger partial charge on any atom is -0.462 e. The van der Waals surface area contributed by atoms with Crippen molar-refractivity contribution < 1.29 is 28.6 Å². The van der Waals surface area contributed by atoms with Crippen LogP contribution >= 0.6 is 0 Å². The molecule has 0 heterocycles. The van der Waals surface area contributed by atoms with Gasteiger partial charge in [0.2, 0.25) is 0 Å². The van der Waals surface area contributed by atoms with Gasteiger partial charge in [-0.1, -0.05) is 297 Å². The molecule has 0 N–H and O–H groups in total. The van der Waals surface area contributed by atoms with E-state index in [-0.39, 0.29) is 31.1 Å². The minimum absolute atomic E-state index is 0.0621. The fourth-order valence-electron chi connectivity index (χ4n) is 9.10. The number of carbonyl (C=O) groups is 3. The van der Waals surface area contributed by atoms with E-state index in [1.54, 1.807) is 0 Å². The van der Waals surface area contributed by atoms with Gasteiger partial charge in [0, 0.05) is 19.3 Å². The van der Waals surface area contributed by atoms with E-state index in [4.69, 9.17) is 14.2 Å². The monoisotopic (exact) mass is 919 g/mol. The Balaban J connectivity index is 4.27. The van der Waals surface area contributed by atoms with Gasteiger partial charge in [0.25, 0.3) is 0 Å². The van der Waals surface area contributed by atoms with Crippen molar-refractivity contribution in [1.29, 1.82) is 0 Å². The minimum atomic E-state index is -0.762. The fourth-order valence-corrected chi connectivity index (χ4v) is 9.10. The van der Waals surface area contributed by atoms with Crippen molar-refractivity contribution in [3.05, 3.63) is 0 Å². The zero-order valence-corrected chi connectivity index (χ0v) is 44.5. The quantitative estimate of drug-likeness (QED) is 0.0344. The van der Waals surface area contributed by atoms with Crippen LogP contribution in [-0.2, 0) is 28.6 Å². The van der Waals surface area contributed by atoms with Gasteiger partial charge in [0.1, 0.15) is 13.2 Å². The molecule has 0 unspecified atom stereocenters. The van der Waals surface area contributed by atoms with E-state index < -0.39 is 6.10 Å². The molecule has 0 aromatic heterocycles. The van der Waals surface area contributed by atoms with Crippen LogP contribution in [0.1, 0.15) is 336 Å². The molecule has 386 valence electrons. The Morgan fingerprint density at radius 3 is 0.754 bits per heavy atom. The van der Waals surface area contributed by atoms with Gasteiger partial charge in [0.15, 0.2) is 6.10 Å². The van der Waals surface area contributed by atoms with Gasteiger partial charge in [-0.3, -0.25) is 14.4 Å². The first-order chi connectivity index (χ1) is 31.9. The average molecular weight is 920 g/mol. The number of hydrogen-bond acceptors (Lipinski definition) is 6. The second kappa shape index (κ2) is 53.4. The molecule has 0 aromatic rings. The molecule has 0 fully saturated rings. The Kier molecular flexibility index (Phi) is 52.1. The largest absolute Gasteiger partial charge is 0.462 e. The summed E-state index contributed by atoms with van der Waals surface area (Å²) in [4.78, 5) is 38.1. The highest BCUT2D eigenvalue weighted by Crippen LogP contribution is 2.18. The third-order valence-electron chi connectivity index (χ3n) is 13.5. The van der Waals surface area contributed by atoms with Crippen LogP contribution in [0.2, 0.25) is 0 Å². The Morgan fingerprint density at radius 1 is 0.292 bits per heavy atom. The van der Waals surface area contributed by atoms with Crippen LogP contribution in [0.5, 0.6) is 0 Å². The van der Waals surface area contributed by atoms with E-state index in [0.29, 0.717) is 19.3 Å². The zero-order valence-electron chi connectivity index (χ0n) is 44.5. The first-order valence-corrected chi connectivity index (χ1v) is 29.4. The van der Waals surface area contributed by atoms with Crippen molar-refractivity contribution in [3.8, 4) is 0 Å². The van der Waals surface area contributed by atoms with Crippen LogP contribution in [0.25, 0.3) is 0 Å². The van der Waals surface area contributed by atoms with Gasteiger partial charge >= 0.3 is 17.9 Å². The molecular weight excluding hydrogens is 805 g/mol. The molecule has 0 aliphatic rings. The highest BCUT2D eigenvalue weighted by atomic mass is 16.6. The van der Waals surface area contributed by atoms with Gasteiger partial charge in [-0.05, 0) is 25.2 Å². The normalized spacial score (nSPS) is 12.0. The predicted octanol–water partition coefficient (Wildman–Crippen LogP) is 19.4. The molecule has 6 heteroatoms. The zero-order chi connectivity index (χ0) is 47.4. The Bertz CT molecular complexity index is 980. The van der Waals surface area contributed by atoms with Gasteiger partial charge in [-0.25, -0.2) is 0 Å². The van der Waals surface area contributed by atoms with E-state index in [0.717, 1.165) is 63.7 Å². The van der Waals surface area contributed by atoms with E-state index >= 15 is 0 Å². The summed E-state index contributed by atoms with van der Waals surface area (Å²) in [7, 11) is 0. The Labute approximate surface area is 406 Å². The number of rotatable bonds is 54. The lowest BCUT2D eigenvalue weighted by Crippen LogP contribution is -2.30. The maximum Gasteiger partial charge on any atom is 0.306 e. The molecule has 1 atom stereocenters. The van der Waals surface area contributed by atoms with Gasteiger partial charge < -0.3 is 14.2 Å². The standard InChI is InChI=1S/C59H114O6/c1-5-7-9-11-13-15-17-19-21-23-25-27-29-31-35-40-44-48-52-59(62)65-56(54-64-58(61)51-47-43-39-36-32-33-37-41-45-49-55(3)4)53-63-57(60)50-46-42-38-34-30-28-26-24-22-20-18-16-14-12-10-8-6-2/h55-56H,5-54H2,1-4H3/t56-/m1/s1. The summed E-state index contributed by atoms with van der Waals surface area (Å²) in [5, 5.41) is 0. The van der Waals surface area contributed by atoms with E-state index in [2.05, 4.69) is 27.7 Å². The molecule has 0 bridgehead atoms. The van der Waals surface area contributed by atoms with Gasteiger partial charge in [0.05, 0.1) is 0 Å². The number of esters is 3. The van der Waals surface area contributed by atoms with E-state index in [1.165, 1.54) is 231 Å². The average Bonchev–Trinajstić information content (AvgIpc) is 3.29. The molecule has 6 nitrogen and oxygen atoms in total. The van der Waals surface area contributed by atoms with Crippen molar-refractivity contribution >= 4 is 17.9 Å². The Hall–Kier alpha value is -1.59. The molecular formula is C59H114O6. The van der Waals surface area contributed by atoms with E-state index in [1.807, 2.05) is 0 Å². The molecule has 0 saturated heterocycles. The highest BCUT2D eigenvalue weighted by molar-refractivity contribution is 5.71. The van der Waals surface area contributed by atoms with Crippen molar-refractivity contribution in [2.45, 2.75) is 342 Å². The number of unbranched alkanes of at least 4 members (excludes halogenated alkanes) is 41. The maximum atomic E-state index is 12.9. The molecule has 0 aromatic carbocycles. The second-order valence-corrected chi connectivity index (χ2v) is 20.8. The molecule has 0 aliphatic heterocycles. The number of carbonyl (C=O) groups excluding carboxylic acids is 3. The third kappa shape index (κ3) is 53.2. The molecule has 65 heavy (non-hydrogen) atoms. The molecule has 0 spiro atoms. The van der Waals surface area contributed by atoms with Crippen LogP contribution in [0.3, 0.4) is 0 Å². The summed E-state index contributed by atoms with van der Waals surface area (Å²) in [5.41, 5.74) is 0. The summed E-state index contributed by atoms with van der Waals surface area (Å²) in [5.74, 6) is -0.0276. The number of hydrogen-bond donors (Lipinski definition) is 0. The lowest BCUT2D eigenvalue weighted by Gasteiger charge is -2.18. The fraction of sp³-hybridized carbons (Fsp3) is 0.949. The maximum absolute atomic E-state index is 12.9. The van der Waals surface area contributed by atoms with Crippen LogP contribution < -0.4 is 0 Å². The summed E-state index contributed by atoms with van der Waals surface area (Å²) < 4.78 is 16.9. The molecule has 0 radical (unpaired) electrons. The van der Waals surface area contributed by atoms with E-state index in [9.17, 15) is 14.4 Å². The van der Waals surface area contributed by atoms with Crippen LogP contribution in [-0.4, -0.2) is 37.2 Å². The predicted molar refractivity (Wildman–Crippen MR) is 280 cm³/mol. The van der Waals surface area contributed by atoms with Crippen molar-refractivity contribution in [2.24, 2.45) is 5.92 Å². The van der Waals surface area contributed by atoms with Crippen molar-refractivity contribution in [1.82, 2.24) is 0 Å². The molecule has 0 rings (SSSR count). The number of ether oxygens (including phenoxy) is 3. The summed E-state index contributed by atoms with van der Waals surface area (Å²) in [6.07, 6.45) is 58.1. The third-order valence-corrected chi connectivity index (χ3v) is 13.5. The summed E-state index contributed by atoms with van der Waals surface area (Å²) in [6, 6.07) is 0. The SMILES string of the molecule is CCCCCCCCCCCCCCCCCCCCC(=O)O[C@H](COC(=O)CCCCCCCCCCCCCCCCCCC)COC(=O)CCCCCCCCCCCC(C)C. The molecule has 0 saturated carbocycles. The van der Waals surface area contributed by atoms with Crippen LogP contribution in [0, 0.1) is 5.92 Å². The first-order valence-electron chi connectivity index (χ1n) is 29.4. The topological polar surface area (TPSA) is 78.9 Å². The van der Waals surface area contributed by atoms with Crippen molar-refractivity contribution in [3.63, 3.8) is 0 Å². The smallest absolute Gasteiger partial charge is 0.306 e. The van der Waals surface area contributed by atoms with Crippen LogP contribution in [0.4, 0.5) is 0 Å². The summed E-state index contributed by atoms with van der Waals surface area (Å²) in [6.45, 7) is 9.04. The van der Waals surface area contributed by atoms with Crippen LogP contribution in [0.15, 0.2) is 0 Å². The second-order valence-electron chi connectivity index (χ2n) is 20.8. The lowest BCUT2D eigenvalue weighted by atomic mass is 10.0. The van der Waals surface area contributed by atoms with Gasteiger partial charge in [-0.2, -0.15) is 0 Å². The Morgan fingerprint density at radius 2 is 0.508 bits per heavy atom. The first kappa shape index (κ1) is 63.4. The van der Waals surface area contributed by atoms with Gasteiger partial charge in [-0.15, -0.1) is 0 Å².